The van der Waals surface area contributed by atoms with Gasteiger partial charge in [0, 0.05) is 29.4 Å². The van der Waals surface area contributed by atoms with Crippen molar-refractivity contribution in [3.8, 4) is 16.2 Å². The maximum absolute atomic E-state index is 12.8. The Bertz CT molecular complexity index is 1120. The number of hydrogen-bond donors (Lipinski definition) is 2. The van der Waals surface area contributed by atoms with Gasteiger partial charge in [0.05, 0.1) is 5.56 Å². The first-order valence-electron chi connectivity index (χ1n) is 11.2. The number of rotatable bonds is 6. The molecule has 2 heterocycles. The first-order valence-corrected chi connectivity index (χ1v) is 12.0. The van der Waals surface area contributed by atoms with Crippen molar-refractivity contribution in [1.82, 2.24) is 4.90 Å². The molecule has 0 spiro atoms. The van der Waals surface area contributed by atoms with Crippen LogP contribution in [0.4, 0.5) is 13.2 Å². The fraction of sp³-hybridized carbons (Fsp3) is 0.385. The van der Waals surface area contributed by atoms with E-state index < -0.39 is 23.6 Å². The Balaban J connectivity index is 1.39. The van der Waals surface area contributed by atoms with Gasteiger partial charge in [0.1, 0.15) is 5.75 Å². The number of benzene rings is 2. The highest BCUT2D eigenvalue weighted by Gasteiger charge is 2.30. The van der Waals surface area contributed by atoms with Gasteiger partial charge in [0.15, 0.2) is 11.9 Å². The predicted octanol–water partition coefficient (Wildman–Crippen LogP) is 5.50. The van der Waals surface area contributed by atoms with Crippen LogP contribution in [0.3, 0.4) is 0 Å². The number of thiophene rings is 1. The molecular formula is C26H28F3NO3S. The first kappa shape index (κ1) is 24.7. The normalized spacial score (nSPS) is 15.3. The predicted molar refractivity (Wildman–Crippen MR) is 127 cm³/mol. The quantitative estimate of drug-likeness (QED) is 0.447. The standard InChI is InChI=1S/C26H28F3NO3S/c1-25(2,24(31)32)33-21-8-5-17-11-13-30(14-12-19(17)15-21)16-22-9-10-23(34-22)18-3-6-20(7-4-18)26(27,28)29/h3-10,15,24,31-32H,11-14,16H2,1-2H3. The van der Waals surface area contributed by atoms with Crippen LogP contribution in [0.15, 0.2) is 54.6 Å². The molecule has 0 radical (unpaired) electrons. The molecule has 34 heavy (non-hydrogen) atoms. The largest absolute Gasteiger partial charge is 0.483 e. The van der Waals surface area contributed by atoms with E-state index >= 15 is 0 Å². The number of alkyl halides is 3. The van der Waals surface area contributed by atoms with Gasteiger partial charge in [-0.25, -0.2) is 0 Å². The summed E-state index contributed by atoms with van der Waals surface area (Å²) in [6.07, 6.45) is -4.16. The van der Waals surface area contributed by atoms with Crippen LogP contribution in [0, 0.1) is 0 Å². The summed E-state index contributed by atoms with van der Waals surface area (Å²) in [6, 6.07) is 15.2. The minimum absolute atomic E-state index is 0.616. The zero-order chi connectivity index (χ0) is 24.5. The van der Waals surface area contributed by atoms with Crippen LogP contribution in [0.5, 0.6) is 5.75 Å². The first-order chi connectivity index (χ1) is 16.0. The highest BCUT2D eigenvalue weighted by atomic mass is 32.1. The summed E-state index contributed by atoms with van der Waals surface area (Å²) in [5.74, 6) is 0.616. The lowest BCUT2D eigenvalue weighted by atomic mass is 10.0. The van der Waals surface area contributed by atoms with E-state index in [1.165, 1.54) is 28.1 Å². The number of ether oxygens (including phenoxy) is 1. The summed E-state index contributed by atoms with van der Waals surface area (Å²) in [5.41, 5.74) is 1.50. The van der Waals surface area contributed by atoms with Crippen molar-refractivity contribution < 1.29 is 28.1 Å². The molecule has 0 unspecified atom stereocenters. The SMILES string of the molecule is CC(C)(Oc1ccc2c(c1)CCN(Cc1ccc(-c3ccc(C(F)(F)F)cc3)s1)CC2)C(O)O. The van der Waals surface area contributed by atoms with Crippen LogP contribution in [-0.2, 0) is 25.6 Å². The maximum Gasteiger partial charge on any atom is 0.416 e. The maximum atomic E-state index is 12.8. The molecule has 8 heteroatoms. The van der Waals surface area contributed by atoms with Crippen molar-refractivity contribution in [3.05, 3.63) is 76.2 Å². The molecular weight excluding hydrogens is 463 g/mol. The third kappa shape index (κ3) is 5.81. The molecule has 1 aliphatic heterocycles. The fourth-order valence-electron chi connectivity index (χ4n) is 3.99. The second kappa shape index (κ2) is 9.70. The number of fused-ring (bicyclic) bond motifs is 1. The van der Waals surface area contributed by atoms with E-state index in [1.54, 1.807) is 25.2 Å². The van der Waals surface area contributed by atoms with E-state index in [0.29, 0.717) is 5.75 Å². The van der Waals surface area contributed by atoms with Crippen molar-refractivity contribution >= 4 is 11.3 Å². The molecule has 2 aromatic carbocycles. The lowest BCUT2D eigenvalue weighted by molar-refractivity contribution is -0.154. The second-order valence-electron chi connectivity index (χ2n) is 9.13. The molecule has 0 saturated carbocycles. The highest BCUT2D eigenvalue weighted by molar-refractivity contribution is 7.15. The topological polar surface area (TPSA) is 52.9 Å². The average Bonchev–Trinajstić information content (AvgIpc) is 3.15. The van der Waals surface area contributed by atoms with E-state index in [-0.39, 0.29) is 0 Å². The molecule has 182 valence electrons. The minimum atomic E-state index is -4.33. The molecule has 0 bridgehead atoms. The van der Waals surface area contributed by atoms with Gasteiger partial charge in [-0.3, -0.25) is 4.90 Å². The van der Waals surface area contributed by atoms with E-state index in [0.717, 1.165) is 55.0 Å². The number of hydrogen-bond acceptors (Lipinski definition) is 5. The Labute approximate surface area is 201 Å². The minimum Gasteiger partial charge on any atom is -0.483 e. The highest BCUT2D eigenvalue weighted by Crippen LogP contribution is 2.34. The number of nitrogens with zero attached hydrogens (tertiary/aromatic N) is 1. The van der Waals surface area contributed by atoms with Crippen molar-refractivity contribution in [1.29, 1.82) is 0 Å². The molecule has 0 fully saturated rings. The third-order valence-corrected chi connectivity index (χ3v) is 7.23. The summed E-state index contributed by atoms with van der Waals surface area (Å²) < 4.78 is 44.2. The van der Waals surface area contributed by atoms with Crippen LogP contribution in [-0.4, -0.2) is 40.1 Å². The molecule has 0 atom stereocenters. The number of aliphatic hydroxyl groups is 2. The van der Waals surface area contributed by atoms with Crippen LogP contribution in [0.1, 0.15) is 35.4 Å². The van der Waals surface area contributed by atoms with Gasteiger partial charge in [-0.05, 0) is 79.8 Å². The van der Waals surface area contributed by atoms with Crippen molar-refractivity contribution in [3.63, 3.8) is 0 Å². The lowest BCUT2D eigenvalue weighted by Gasteiger charge is -2.28. The molecule has 4 rings (SSSR count). The Morgan fingerprint density at radius 2 is 1.62 bits per heavy atom. The summed E-state index contributed by atoms with van der Waals surface area (Å²) in [4.78, 5) is 4.51. The van der Waals surface area contributed by atoms with Gasteiger partial charge < -0.3 is 14.9 Å². The van der Waals surface area contributed by atoms with Crippen molar-refractivity contribution in [2.24, 2.45) is 0 Å². The summed E-state index contributed by atoms with van der Waals surface area (Å²) >= 11 is 1.60. The molecule has 0 saturated heterocycles. The van der Waals surface area contributed by atoms with Gasteiger partial charge in [-0.15, -0.1) is 11.3 Å². The summed E-state index contributed by atoms with van der Waals surface area (Å²) in [6.45, 7) is 5.82. The van der Waals surface area contributed by atoms with Gasteiger partial charge in [0.25, 0.3) is 0 Å². The molecule has 1 aliphatic rings. The zero-order valence-corrected chi connectivity index (χ0v) is 19.9. The van der Waals surface area contributed by atoms with E-state index in [9.17, 15) is 23.4 Å². The van der Waals surface area contributed by atoms with Gasteiger partial charge in [0.2, 0.25) is 0 Å². The van der Waals surface area contributed by atoms with E-state index in [2.05, 4.69) is 4.90 Å². The Morgan fingerprint density at radius 1 is 0.941 bits per heavy atom. The second-order valence-corrected chi connectivity index (χ2v) is 10.3. The van der Waals surface area contributed by atoms with Crippen LogP contribution in [0.25, 0.3) is 10.4 Å². The lowest BCUT2D eigenvalue weighted by Crippen LogP contribution is -2.41. The molecule has 4 nitrogen and oxygen atoms in total. The Hall–Kier alpha value is -2.39. The van der Waals surface area contributed by atoms with E-state index in [1.807, 2.05) is 30.3 Å². The van der Waals surface area contributed by atoms with Crippen LogP contribution >= 0.6 is 11.3 Å². The molecule has 0 aliphatic carbocycles. The van der Waals surface area contributed by atoms with Gasteiger partial charge in [-0.1, -0.05) is 18.2 Å². The molecule has 3 aromatic rings. The average molecular weight is 492 g/mol. The molecule has 2 N–H and O–H groups in total. The van der Waals surface area contributed by atoms with Crippen molar-refractivity contribution in [2.75, 3.05) is 13.1 Å². The van der Waals surface area contributed by atoms with Gasteiger partial charge in [-0.2, -0.15) is 13.2 Å². The summed E-state index contributed by atoms with van der Waals surface area (Å²) in [7, 11) is 0. The van der Waals surface area contributed by atoms with Crippen LogP contribution < -0.4 is 4.74 Å². The van der Waals surface area contributed by atoms with Crippen LogP contribution in [0.2, 0.25) is 0 Å². The number of aliphatic hydroxyl groups excluding tert-OH is 1. The Morgan fingerprint density at radius 3 is 2.26 bits per heavy atom. The molecule has 1 aromatic heterocycles. The monoisotopic (exact) mass is 491 g/mol. The third-order valence-electron chi connectivity index (χ3n) is 6.11. The fourth-order valence-corrected chi connectivity index (χ4v) is 5.04. The zero-order valence-electron chi connectivity index (χ0n) is 19.1. The van der Waals surface area contributed by atoms with E-state index in [4.69, 9.17) is 4.74 Å². The molecule has 0 amide bonds. The number of halogens is 3. The Kier molecular flexibility index (Phi) is 7.05. The smallest absolute Gasteiger partial charge is 0.416 e. The van der Waals surface area contributed by atoms with Gasteiger partial charge >= 0.3 is 6.18 Å². The van der Waals surface area contributed by atoms with Crippen molar-refractivity contribution in [2.45, 2.75) is 51.3 Å². The summed E-state index contributed by atoms with van der Waals surface area (Å²) in [5, 5.41) is 19.0.